The molecule has 2 atom stereocenters. The van der Waals surface area contributed by atoms with Crippen molar-refractivity contribution >= 4 is 23.4 Å². The lowest BCUT2D eigenvalue weighted by atomic mass is 9.93. The van der Waals surface area contributed by atoms with Gasteiger partial charge in [-0.15, -0.1) is 0 Å². The number of hydrogen-bond donors (Lipinski definition) is 0. The van der Waals surface area contributed by atoms with Crippen molar-refractivity contribution in [3.05, 3.63) is 22.7 Å². The first-order chi connectivity index (χ1) is 15.5. The molecule has 8 heteroatoms. The van der Waals surface area contributed by atoms with Crippen LogP contribution in [-0.4, -0.2) is 72.1 Å². The predicted octanol–water partition coefficient (Wildman–Crippen LogP) is 3.53. The summed E-state index contributed by atoms with van der Waals surface area (Å²) in [5, 5.41) is 0.594. The van der Waals surface area contributed by atoms with E-state index in [1.165, 1.54) is 0 Å². The molecule has 32 heavy (non-hydrogen) atoms. The number of carbonyl (C=O) groups excluding carboxylic acids is 2. The van der Waals surface area contributed by atoms with Crippen LogP contribution in [0.25, 0.3) is 0 Å². The van der Waals surface area contributed by atoms with Gasteiger partial charge in [0.15, 0.2) is 11.5 Å². The number of benzene rings is 1. The minimum Gasteiger partial charge on any atom is -0.454 e. The van der Waals surface area contributed by atoms with Crippen LogP contribution < -0.4 is 9.47 Å². The average Bonchev–Trinajstić information content (AvgIpc) is 3.17. The summed E-state index contributed by atoms with van der Waals surface area (Å²) in [5.74, 6) is 1.85. The first-order valence-corrected chi connectivity index (χ1v) is 12.3. The maximum absolute atomic E-state index is 12.9. The van der Waals surface area contributed by atoms with E-state index in [0.717, 1.165) is 57.4 Å². The van der Waals surface area contributed by atoms with Gasteiger partial charge in [-0.3, -0.25) is 14.5 Å². The molecule has 0 bridgehead atoms. The Kier molecular flexibility index (Phi) is 7.46. The van der Waals surface area contributed by atoms with Gasteiger partial charge in [0.25, 0.3) is 0 Å². The summed E-state index contributed by atoms with van der Waals surface area (Å²) in [4.78, 5) is 32.1. The molecule has 3 aliphatic rings. The lowest BCUT2D eigenvalue weighted by molar-refractivity contribution is -0.137. The first kappa shape index (κ1) is 23.2. The van der Waals surface area contributed by atoms with Gasteiger partial charge in [-0.05, 0) is 57.7 Å². The summed E-state index contributed by atoms with van der Waals surface area (Å²) < 4.78 is 10.9. The van der Waals surface area contributed by atoms with Gasteiger partial charge in [0, 0.05) is 56.3 Å². The number of amides is 2. The van der Waals surface area contributed by atoms with E-state index in [9.17, 15) is 9.59 Å². The Hall–Kier alpha value is -1.99. The molecule has 0 aromatic heterocycles. The summed E-state index contributed by atoms with van der Waals surface area (Å²) in [6.45, 7) is 8.80. The van der Waals surface area contributed by atoms with Crippen molar-refractivity contribution in [1.82, 2.24) is 14.7 Å². The van der Waals surface area contributed by atoms with Gasteiger partial charge in [0.1, 0.15) is 0 Å². The number of halogens is 1. The molecular formula is C24H34ClN3O4. The zero-order valence-electron chi connectivity index (χ0n) is 19.1. The quantitative estimate of drug-likeness (QED) is 0.645. The van der Waals surface area contributed by atoms with Crippen molar-refractivity contribution in [1.29, 1.82) is 0 Å². The Morgan fingerprint density at radius 3 is 2.62 bits per heavy atom. The molecular weight excluding hydrogens is 430 g/mol. The maximum Gasteiger partial charge on any atom is 0.231 e. The molecule has 1 aromatic rings. The smallest absolute Gasteiger partial charge is 0.231 e. The van der Waals surface area contributed by atoms with Gasteiger partial charge in [-0.1, -0.05) is 11.6 Å². The number of piperidine rings is 1. The number of rotatable bonds is 6. The number of ether oxygens (including phenoxy) is 2. The third-order valence-electron chi connectivity index (χ3n) is 7.07. The lowest BCUT2D eigenvalue weighted by Crippen LogP contribution is -2.48. The fourth-order valence-electron chi connectivity index (χ4n) is 5.17. The van der Waals surface area contributed by atoms with Crippen LogP contribution in [0.1, 0.15) is 51.5 Å². The Morgan fingerprint density at radius 1 is 1.12 bits per heavy atom. The Labute approximate surface area is 195 Å². The van der Waals surface area contributed by atoms with Crippen molar-refractivity contribution in [2.45, 2.75) is 58.5 Å². The summed E-state index contributed by atoms with van der Waals surface area (Å²) >= 11 is 6.44. The fraction of sp³-hybridized carbons (Fsp3) is 0.667. The minimum absolute atomic E-state index is 0.0751. The van der Waals surface area contributed by atoms with Crippen molar-refractivity contribution in [2.75, 3.05) is 39.5 Å². The molecule has 1 aromatic carbocycles. The number of hydrogen-bond acceptors (Lipinski definition) is 5. The molecule has 0 unspecified atom stereocenters. The minimum atomic E-state index is 0.0751. The zero-order valence-corrected chi connectivity index (χ0v) is 19.9. The summed E-state index contributed by atoms with van der Waals surface area (Å²) in [6, 6.07) is 3.99. The third-order valence-corrected chi connectivity index (χ3v) is 7.42. The van der Waals surface area contributed by atoms with Gasteiger partial charge >= 0.3 is 0 Å². The maximum atomic E-state index is 12.9. The van der Waals surface area contributed by atoms with Crippen molar-refractivity contribution in [3.63, 3.8) is 0 Å². The molecule has 0 spiro atoms. The third kappa shape index (κ3) is 4.99. The molecule has 176 valence electrons. The Balaban J connectivity index is 1.38. The van der Waals surface area contributed by atoms with Crippen LogP contribution in [0.5, 0.6) is 11.5 Å². The van der Waals surface area contributed by atoms with E-state index in [1.54, 1.807) is 6.07 Å². The van der Waals surface area contributed by atoms with Crippen LogP contribution in [-0.2, 0) is 16.1 Å². The second kappa shape index (κ2) is 10.3. The highest BCUT2D eigenvalue weighted by atomic mass is 35.5. The topological polar surface area (TPSA) is 62.3 Å². The van der Waals surface area contributed by atoms with E-state index in [0.29, 0.717) is 42.1 Å². The molecule has 0 saturated carbocycles. The largest absolute Gasteiger partial charge is 0.454 e. The highest BCUT2D eigenvalue weighted by Crippen LogP contribution is 2.37. The summed E-state index contributed by atoms with van der Waals surface area (Å²) in [7, 11) is 0. The molecule has 3 aliphatic heterocycles. The molecule has 7 nitrogen and oxygen atoms in total. The monoisotopic (exact) mass is 463 g/mol. The van der Waals surface area contributed by atoms with E-state index in [2.05, 4.69) is 4.90 Å². The van der Waals surface area contributed by atoms with Crippen molar-refractivity contribution in [2.24, 2.45) is 5.92 Å². The van der Waals surface area contributed by atoms with E-state index >= 15 is 0 Å². The van der Waals surface area contributed by atoms with Gasteiger partial charge in [-0.25, -0.2) is 0 Å². The first-order valence-electron chi connectivity index (χ1n) is 11.9. The highest BCUT2D eigenvalue weighted by Gasteiger charge is 2.33. The molecule has 0 N–H and O–H groups in total. The fourth-order valence-corrected chi connectivity index (χ4v) is 5.39. The second-order valence-electron chi connectivity index (χ2n) is 8.94. The molecule has 3 heterocycles. The van der Waals surface area contributed by atoms with E-state index < -0.39 is 0 Å². The van der Waals surface area contributed by atoms with Crippen LogP contribution >= 0.6 is 11.6 Å². The normalized spacial score (nSPS) is 23.8. The van der Waals surface area contributed by atoms with Crippen LogP contribution in [0.15, 0.2) is 12.1 Å². The molecule has 4 rings (SSSR count). The number of likely N-dealkylation sites (tertiary alicyclic amines) is 2. The van der Waals surface area contributed by atoms with Crippen molar-refractivity contribution < 1.29 is 19.1 Å². The van der Waals surface area contributed by atoms with Crippen LogP contribution in [0.3, 0.4) is 0 Å². The number of fused-ring (bicyclic) bond motifs is 1. The van der Waals surface area contributed by atoms with Crippen molar-refractivity contribution in [3.8, 4) is 11.5 Å². The number of carbonyl (C=O) groups is 2. The predicted molar refractivity (Wildman–Crippen MR) is 123 cm³/mol. The molecule has 2 saturated heterocycles. The van der Waals surface area contributed by atoms with Gasteiger partial charge in [0.2, 0.25) is 18.6 Å². The van der Waals surface area contributed by atoms with Gasteiger partial charge in [0.05, 0.1) is 5.92 Å². The SMILES string of the molecule is CCN(CC)C(=O)[C@H]1CCCN([C@H]2CCC(=O)N(Cc3cc4c(cc3Cl)OCO4)CC2)C1. The number of nitrogens with zero attached hydrogens (tertiary/aromatic N) is 3. The Bertz CT molecular complexity index is 845. The van der Waals surface area contributed by atoms with Crippen LogP contribution in [0.4, 0.5) is 0 Å². The molecule has 0 aliphatic carbocycles. The zero-order chi connectivity index (χ0) is 22.7. The van der Waals surface area contributed by atoms with E-state index in [-0.39, 0.29) is 24.5 Å². The van der Waals surface area contributed by atoms with Gasteiger partial charge < -0.3 is 19.3 Å². The van der Waals surface area contributed by atoms with E-state index in [4.69, 9.17) is 21.1 Å². The van der Waals surface area contributed by atoms with E-state index in [1.807, 2.05) is 29.7 Å². The molecule has 2 fully saturated rings. The molecule has 0 radical (unpaired) electrons. The Morgan fingerprint density at radius 2 is 1.88 bits per heavy atom. The average molecular weight is 464 g/mol. The van der Waals surface area contributed by atoms with Gasteiger partial charge in [-0.2, -0.15) is 0 Å². The standard InChI is InChI=1S/C24H34ClN3O4/c1-3-26(4-2)24(30)17-6-5-10-27(14-17)19-7-8-23(29)28(11-9-19)15-18-12-21-22(13-20(18)25)32-16-31-21/h12-13,17,19H,3-11,14-16H2,1-2H3/t17-,19-/m0/s1. The summed E-state index contributed by atoms with van der Waals surface area (Å²) in [5.41, 5.74) is 0.880. The second-order valence-corrected chi connectivity index (χ2v) is 9.35. The van der Waals surface area contributed by atoms with Crippen LogP contribution in [0, 0.1) is 5.92 Å². The lowest BCUT2D eigenvalue weighted by Gasteiger charge is -2.38. The molecule has 2 amide bonds. The summed E-state index contributed by atoms with van der Waals surface area (Å²) in [6.07, 6.45) is 4.29. The highest BCUT2D eigenvalue weighted by molar-refractivity contribution is 6.31. The van der Waals surface area contributed by atoms with Crippen LogP contribution in [0.2, 0.25) is 5.02 Å².